The molecule has 0 bridgehead atoms. The van der Waals surface area contributed by atoms with Gasteiger partial charge in [-0.15, -0.1) is 0 Å². The van der Waals surface area contributed by atoms with E-state index in [1.807, 2.05) is 0 Å². The number of rotatable bonds is 2. The van der Waals surface area contributed by atoms with Crippen molar-refractivity contribution in [1.29, 1.82) is 0 Å². The van der Waals surface area contributed by atoms with Crippen LogP contribution in [-0.2, 0) is 9.59 Å². The van der Waals surface area contributed by atoms with Crippen LogP contribution in [0.5, 0.6) is 0 Å². The quantitative estimate of drug-likeness (QED) is 0.767. The van der Waals surface area contributed by atoms with E-state index in [1.165, 1.54) is 0 Å². The summed E-state index contributed by atoms with van der Waals surface area (Å²) in [5, 5.41) is 9.29. The number of carbonyl (C=O) groups is 2. The number of carbonyl (C=O) groups excluding carboxylic acids is 1. The maximum Gasteiger partial charge on any atom is 0.319 e. The standard InChI is InChI=1S/C14H23NO3/c1-13(2,3)10-5-8-15(9-10)11(16)14(12(17)18)6-4-7-14/h10H,4-9H2,1-3H3,(H,17,18). The first kappa shape index (κ1) is 13.4. The van der Waals surface area contributed by atoms with E-state index >= 15 is 0 Å². The van der Waals surface area contributed by atoms with Gasteiger partial charge in [0, 0.05) is 13.1 Å². The van der Waals surface area contributed by atoms with Gasteiger partial charge in [-0.2, -0.15) is 0 Å². The van der Waals surface area contributed by atoms with Crippen molar-refractivity contribution in [2.45, 2.75) is 46.5 Å². The summed E-state index contributed by atoms with van der Waals surface area (Å²) >= 11 is 0. The molecular weight excluding hydrogens is 230 g/mol. The molecule has 1 saturated carbocycles. The predicted octanol–water partition coefficient (Wildman–Crippen LogP) is 2.14. The molecule has 4 heteroatoms. The average Bonchev–Trinajstić information content (AvgIpc) is 2.62. The van der Waals surface area contributed by atoms with Gasteiger partial charge in [0.2, 0.25) is 5.91 Å². The van der Waals surface area contributed by atoms with E-state index in [1.54, 1.807) is 4.90 Å². The van der Waals surface area contributed by atoms with Crippen LogP contribution in [0.2, 0.25) is 0 Å². The lowest BCUT2D eigenvalue weighted by Gasteiger charge is -2.39. The largest absolute Gasteiger partial charge is 0.480 e. The van der Waals surface area contributed by atoms with Gasteiger partial charge in [0.1, 0.15) is 5.41 Å². The molecule has 1 N–H and O–H groups in total. The number of likely N-dealkylation sites (tertiary alicyclic amines) is 1. The molecule has 1 aliphatic carbocycles. The van der Waals surface area contributed by atoms with Crippen LogP contribution in [0.4, 0.5) is 0 Å². The third-order valence-corrected chi connectivity index (χ3v) is 4.73. The minimum Gasteiger partial charge on any atom is -0.480 e. The predicted molar refractivity (Wildman–Crippen MR) is 68.1 cm³/mol. The van der Waals surface area contributed by atoms with Crippen molar-refractivity contribution in [3.05, 3.63) is 0 Å². The van der Waals surface area contributed by atoms with Crippen molar-refractivity contribution in [1.82, 2.24) is 4.90 Å². The Labute approximate surface area is 108 Å². The Balaban J connectivity index is 2.06. The molecule has 1 heterocycles. The van der Waals surface area contributed by atoms with Crippen molar-refractivity contribution in [3.8, 4) is 0 Å². The van der Waals surface area contributed by atoms with Gasteiger partial charge in [-0.05, 0) is 30.6 Å². The molecule has 1 saturated heterocycles. The summed E-state index contributed by atoms with van der Waals surface area (Å²) in [6.07, 6.45) is 2.87. The van der Waals surface area contributed by atoms with Crippen LogP contribution in [0.1, 0.15) is 46.5 Å². The van der Waals surface area contributed by atoms with Crippen molar-refractivity contribution < 1.29 is 14.7 Å². The fraction of sp³-hybridized carbons (Fsp3) is 0.857. The molecule has 4 nitrogen and oxygen atoms in total. The smallest absolute Gasteiger partial charge is 0.319 e. The molecule has 1 aliphatic heterocycles. The summed E-state index contributed by atoms with van der Waals surface area (Å²) < 4.78 is 0. The van der Waals surface area contributed by atoms with E-state index < -0.39 is 11.4 Å². The molecule has 2 fully saturated rings. The second kappa shape index (κ2) is 4.25. The van der Waals surface area contributed by atoms with E-state index in [-0.39, 0.29) is 11.3 Å². The zero-order valence-corrected chi connectivity index (χ0v) is 11.5. The van der Waals surface area contributed by atoms with Crippen LogP contribution in [0.15, 0.2) is 0 Å². The maximum absolute atomic E-state index is 12.4. The molecule has 1 unspecified atom stereocenters. The van der Waals surface area contributed by atoms with Crippen LogP contribution in [0, 0.1) is 16.7 Å². The molecule has 0 aromatic heterocycles. The number of amides is 1. The van der Waals surface area contributed by atoms with E-state index in [0.29, 0.717) is 18.8 Å². The van der Waals surface area contributed by atoms with Crippen LogP contribution in [-0.4, -0.2) is 35.0 Å². The fourth-order valence-corrected chi connectivity index (χ4v) is 3.00. The Hall–Kier alpha value is -1.06. The minimum absolute atomic E-state index is 0.145. The first-order valence-electron chi connectivity index (χ1n) is 6.80. The highest BCUT2D eigenvalue weighted by molar-refractivity contribution is 6.02. The van der Waals surface area contributed by atoms with E-state index in [2.05, 4.69) is 20.8 Å². The Morgan fingerprint density at radius 2 is 1.89 bits per heavy atom. The SMILES string of the molecule is CC(C)(C)C1CCN(C(=O)C2(C(=O)O)CCC2)C1. The minimum atomic E-state index is -1.09. The zero-order chi connectivity index (χ0) is 13.6. The van der Waals surface area contributed by atoms with E-state index in [9.17, 15) is 14.7 Å². The molecule has 102 valence electrons. The van der Waals surface area contributed by atoms with Gasteiger partial charge in [0.15, 0.2) is 0 Å². The highest BCUT2D eigenvalue weighted by Gasteiger charge is 2.54. The Bertz CT molecular complexity index is 366. The van der Waals surface area contributed by atoms with Gasteiger partial charge < -0.3 is 10.0 Å². The van der Waals surface area contributed by atoms with Gasteiger partial charge in [0.25, 0.3) is 0 Å². The van der Waals surface area contributed by atoms with Crippen molar-refractivity contribution >= 4 is 11.9 Å². The number of carboxylic acids is 1. The second-order valence-corrected chi connectivity index (χ2v) is 6.84. The third-order valence-electron chi connectivity index (χ3n) is 4.73. The molecule has 0 aromatic carbocycles. The average molecular weight is 253 g/mol. The number of nitrogens with zero attached hydrogens (tertiary/aromatic N) is 1. The Kier molecular flexibility index (Phi) is 3.16. The second-order valence-electron chi connectivity index (χ2n) is 6.84. The summed E-state index contributed by atoms with van der Waals surface area (Å²) in [4.78, 5) is 25.5. The fourth-order valence-electron chi connectivity index (χ4n) is 3.00. The van der Waals surface area contributed by atoms with Gasteiger partial charge in [0.05, 0.1) is 0 Å². The topological polar surface area (TPSA) is 57.6 Å². The lowest BCUT2D eigenvalue weighted by molar-refractivity contribution is -0.167. The van der Waals surface area contributed by atoms with Crippen molar-refractivity contribution in [2.24, 2.45) is 16.7 Å². The van der Waals surface area contributed by atoms with E-state index in [0.717, 1.165) is 25.9 Å². The molecule has 0 radical (unpaired) electrons. The van der Waals surface area contributed by atoms with Gasteiger partial charge >= 0.3 is 5.97 Å². The number of hydrogen-bond acceptors (Lipinski definition) is 2. The molecule has 2 aliphatic rings. The molecule has 2 rings (SSSR count). The summed E-state index contributed by atoms with van der Waals surface area (Å²) in [6, 6.07) is 0. The number of carboxylic acid groups (broad SMARTS) is 1. The highest BCUT2D eigenvalue weighted by Crippen LogP contribution is 2.44. The lowest BCUT2D eigenvalue weighted by atomic mass is 9.67. The van der Waals surface area contributed by atoms with Crippen LogP contribution >= 0.6 is 0 Å². The maximum atomic E-state index is 12.4. The summed E-state index contributed by atoms with van der Waals surface area (Å²) in [5.74, 6) is -0.599. The molecular formula is C14H23NO3. The number of hydrogen-bond donors (Lipinski definition) is 1. The lowest BCUT2D eigenvalue weighted by Crippen LogP contribution is -2.52. The van der Waals surface area contributed by atoms with Gasteiger partial charge in [-0.1, -0.05) is 27.2 Å². The van der Waals surface area contributed by atoms with Crippen molar-refractivity contribution in [2.75, 3.05) is 13.1 Å². The van der Waals surface area contributed by atoms with Gasteiger partial charge in [-0.25, -0.2) is 0 Å². The normalized spacial score (nSPS) is 26.8. The van der Waals surface area contributed by atoms with Gasteiger partial charge in [-0.3, -0.25) is 9.59 Å². The number of aliphatic carboxylic acids is 1. The first-order valence-corrected chi connectivity index (χ1v) is 6.80. The monoisotopic (exact) mass is 253 g/mol. The van der Waals surface area contributed by atoms with Crippen LogP contribution in [0.3, 0.4) is 0 Å². The zero-order valence-electron chi connectivity index (χ0n) is 11.5. The van der Waals surface area contributed by atoms with E-state index in [4.69, 9.17) is 0 Å². The third kappa shape index (κ3) is 2.02. The van der Waals surface area contributed by atoms with Crippen LogP contribution in [0.25, 0.3) is 0 Å². The van der Waals surface area contributed by atoms with Crippen LogP contribution < -0.4 is 0 Å². The molecule has 1 amide bonds. The Morgan fingerprint density at radius 1 is 1.28 bits per heavy atom. The molecule has 0 spiro atoms. The molecule has 18 heavy (non-hydrogen) atoms. The summed E-state index contributed by atoms with van der Waals surface area (Å²) in [6.45, 7) is 7.99. The summed E-state index contributed by atoms with van der Waals surface area (Å²) in [5.41, 5.74) is -0.905. The summed E-state index contributed by atoms with van der Waals surface area (Å²) in [7, 11) is 0. The Morgan fingerprint density at radius 3 is 2.22 bits per heavy atom. The first-order chi connectivity index (χ1) is 8.27. The molecule has 1 atom stereocenters. The highest BCUT2D eigenvalue weighted by atomic mass is 16.4. The molecule has 0 aromatic rings. The van der Waals surface area contributed by atoms with Crippen molar-refractivity contribution in [3.63, 3.8) is 0 Å².